The number of hydrogen-bond donors (Lipinski definition) is 0. The quantitative estimate of drug-likeness (QED) is 0.511. The summed E-state index contributed by atoms with van der Waals surface area (Å²) in [6.45, 7) is 6.75. The van der Waals surface area contributed by atoms with Crippen molar-refractivity contribution in [2.24, 2.45) is 0 Å². The summed E-state index contributed by atoms with van der Waals surface area (Å²) in [4.78, 5) is 0. The zero-order valence-electron chi connectivity index (χ0n) is 10.9. The first kappa shape index (κ1) is 12.8. The molecule has 0 radical (unpaired) electrons. The maximum Gasteiger partial charge on any atom is 0.189 e. The summed E-state index contributed by atoms with van der Waals surface area (Å²) in [5.74, 6) is 0. The Kier molecular flexibility index (Phi) is 4.27. The predicted molar refractivity (Wildman–Crippen MR) is 72.8 cm³/mol. The summed E-state index contributed by atoms with van der Waals surface area (Å²) >= 11 is 0. The van der Waals surface area contributed by atoms with Crippen molar-refractivity contribution in [3.05, 3.63) is 0 Å². The minimum Gasteiger partial charge on any atom is -0.417 e. The van der Waals surface area contributed by atoms with Gasteiger partial charge in [0.05, 0.1) is 0 Å². The van der Waals surface area contributed by atoms with E-state index >= 15 is 0 Å². The summed E-state index contributed by atoms with van der Waals surface area (Å²) in [5.41, 5.74) is 0. The first-order valence-electron chi connectivity index (χ1n) is 6.90. The largest absolute Gasteiger partial charge is 0.417 e. The first-order valence-corrected chi connectivity index (χ1v) is 12.5. The molecule has 2 nitrogen and oxygen atoms in total. The fraction of sp³-hybridized carbons (Fsp3) is 1.00. The molecular weight excluding hydrogens is 232 g/mol. The Morgan fingerprint density at radius 2 is 1.12 bits per heavy atom. The standard InChI is InChI=1S/C12H26O2Si2/c1-15(9-5-10-15)13-7-3-4-8-14-16(2)11-6-12-16/h3-12H2,1-2H3. The molecule has 0 aliphatic carbocycles. The van der Waals surface area contributed by atoms with Crippen LogP contribution in [-0.2, 0) is 8.85 Å². The molecule has 0 atom stereocenters. The summed E-state index contributed by atoms with van der Waals surface area (Å²) in [6.07, 6.45) is 5.23. The van der Waals surface area contributed by atoms with Crippen molar-refractivity contribution in [1.82, 2.24) is 0 Å². The average Bonchev–Trinajstić information content (AvgIpc) is 2.18. The van der Waals surface area contributed by atoms with E-state index in [4.69, 9.17) is 8.85 Å². The van der Waals surface area contributed by atoms with Crippen molar-refractivity contribution in [3.8, 4) is 0 Å². The van der Waals surface area contributed by atoms with Gasteiger partial charge in [-0.2, -0.15) is 0 Å². The third kappa shape index (κ3) is 3.42. The van der Waals surface area contributed by atoms with Crippen LogP contribution in [0.4, 0.5) is 0 Å². The molecule has 16 heavy (non-hydrogen) atoms. The highest BCUT2D eigenvalue weighted by Crippen LogP contribution is 2.34. The molecule has 0 aromatic carbocycles. The molecular formula is C12H26O2Si2. The second-order valence-electron chi connectivity index (χ2n) is 6.01. The topological polar surface area (TPSA) is 18.5 Å². The molecule has 0 unspecified atom stereocenters. The van der Waals surface area contributed by atoms with Gasteiger partial charge in [0, 0.05) is 13.2 Å². The highest BCUT2D eigenvalue weighted by molar-refractivity contribution is 6.75. The van der Waals surface area contributed by atoms with Gasteiger partial charge in [0.1, 0.15) is 0 Å². The van der Waals surface area contributed by atoms with Gasteiger partial charge >= 0.3 is 0 Å². The molecule has 2 aliphatic rings. The molecule has 2 heterocycles. The highest BCUT2D eigenvalue weighted by atomic mass is 28.4. The van der Waals surface area contributed by atoms with Crippen LogP contribution in [0, 0.1) is 0 Å². The smallest absolute Gasteiger partial charge is 0.189 e. The van der Waals surface area contributed by atoms with E-state index in [0.717, 1.165) is 13.2 Å². The maximum atomic E-state index is 6.03. The van der Waals surface area contributed by atoms with Crippen molar-refractivity contribution >= 4 is 16.6 Å². The molecule has 4 heteroatoms. The molecule has 2 rings (SSSR count). The molecule has 0 spiro atoms. The van der Waals surface area contributed by atoms with Gasteiger partial charge in [-0.1, -0.05) is 12.8 Å². The Morgan fingerprint density at radius 3 is 1.38 bits per heavy atom. The molecule has 2 fully saturated rings. The molecule has 0 N–H and O–H groups in total. The van der Waals surface area contributed by atoms with Crippen LogP contribution in [0.25, 0.3) is 0 Å². The van der Waals surface area contributed by atoms with Gasteiger partial charge in [-0.15, -0.1) is 0 Å². The van der Waals surface area contributed by atoms with E-state index < -0.39 is 16.6 Å². The molecule has 0 aromatic heterocycles. The zero-order valence-corrected chi connectivity index (χ0v) is 12.9. The van der Waals surface area contributed by atoms with Crippen molar-refractivity contribution in [2.45, 2.75) is 63.0 Å². The number of hydrogen-bond acceptors (Lipinski definition) is 2. The second kappa shape index (κ2) is 5.33. The van der Waals surface area contributed by atoms with Gasteiger partial charge in [0.2, 0.25) is 0 Å². The van der Waals surface area contributed by atoms with Crippen LogP contribution in [0.5, 0.6) is 0 Å². The fourth-order valence-corrected chi connectivity index (χ4v) is 7.03. The van der Waals surface area contributed by atoms with Crippen molar-refractivity contribution in [3.63, 3.8) is 0 Å². The van der Waals surface area contributed by atoms with Crippen LogP contribution in [0.3, 0.4) is 0 Å². The number of rotatable bonds is 7. The summed E-state index contributed by atoms with van der Waals surface area (Å²) < 4.78 is 12.1. The Morgan fingerprint density at radius 1 is 0.750 bits per heavy atom. The van der Waals surface area contributed by atoms with Gasteiger partial charge in [-0.05, 0) is 50.1 Å². The molecule has 0 saturated carbocycles. The summed E-state index contributed by atoms with van der Waals surface area (Å²) in [6, 6.07) is 5.59. The van der Waals surface area contributed by atoms with Crippen LogP contribution in [0.2, 0.25) is 37.3 Å². The Labute approximate surface area is 102 Å². The lowest BCUT2D eigenvalue weighted by Gasteiger charge is -2.36. The minimum absolute atomic E-state index is 0.990. The van der Waals surface area contributed by atoms with Gasteiger partial charge in [-0.3, -0.25) is 0 Å². The Bertz CT molecular complexity index is 201. The van der Waals surface area contributed by atoms with Crippen molar-refractivity contribution in [1.29, 1.82) is 0 Å². The fourth-order valence-electron chi connectivity index (χ4n) is 2.48. The van der Waals surface area contributed by atoms with E-state index in [0.29, 0.717) is 0 Å². The molecule has 2 saturated heterocycles. The van der Waals surface area contributed by atoms with Gasteiger partial charge in [0.15, 0.2) is 16.6 Å². The Balaban J connectivity index is 1.43. The van der Waals surface area contributed by atoms with Crippen molar-refractivity contribution in [2.75, 3.05) is 13.2 Å². The first-order chi connectivity index (χ1) is 7.62. The molecule has 0 bridgehead atoms. The van der Waals surface area contributed by atoms with E-state index in [2.05, 4.69) is 13.1 Å². The van der Waals surface area contributed by atoms with Crippen LogP contribution >= 0.6 is 0 Å². The molecule has 0 aromatic rings. The third-order valence-corrected chi connectivity index (χ3v) is 11.7. The van der Waals surface area contributed by atoms with Crippen LogP contribution in [0.1, 0.15) is 25.7 Å². The maximum absolute atomic E-state index is 6.03. The van der Waals surface area contributed by atoms with Crippen LogP contribution in [0.15, 0.2) is 0 Å². The lowest BCUT2D eigenvalue weighted by atomic mass is 10.3. The Hall–Kier alpha value is 0.354. The zero-order chi connectivity index (χ0) is 11.5. The predicted octanol–water partition coefficient (Wildman–Crippen LogP) is 3.76. The molecule has 0 amide bonds. The van der Waals surface area contributed by atoms with E-state index in [1.165, 1.54) is 49.9 Å². The highest BCUT2D eigenvalue weighted by Gasteiger charge is 2.36. The van der Waals surface area contributed by atoms with Gasteiger partial charge in [-0.25, -0.2) is 0 Å². The van der Waals surface area contributed by atoms with Gasteiger partial charge in [0.25, 0.3) is 0 Å². The summed E-state index contributed by atoms with van der Waals surface area (Å²) in [7, 11) is -2.24. The average molecular weight is 259 g/mol. The molecule has 94 valence electrons. The van der Waals surface area contributed by atoms with E-state index in [-0.39, 0.29) is 0 Å². The second-order valence-corrected chi connectivity index (χ2v) is 14.4. The van der Waals surface area contributed by atoms with E-state index in [9.17, 15) is 0 Å². The van der Waals surface area contributed by atoms with Crippen LogP contribution in [-0.4, -0.2) is 29.8 Å². The van der Waals surface area contributed by atoms with Gasteiger partial charge < -0.3 is 8.85 Å². The van der Waals surface area contributed by atoms with Crippen LogP contribution < -0.4 is 0 Å². The van der Waals surface area contributed by atoms with E-state index in [1.54, 1.807) is 0 Å². The normalized spacial score (nSPS) is 25.9. The minimum atomic E-state index is -1.12. The monoisotopic (exact) mass is 258 g/mol. The third-order valence-electron chi connectivity index (χ3n) is 4.26. The SMILES string of the molecule is C[Si]1(OCCCCO[Si]2(C)CCC2)CCC1. The number of unbranched alkanes of at least 4 members (excludes halogenated alkanes) is 1. The van der Waals surface area contributed by atoms with Crippen molar-refractivity contribution < 1.29 is 8.85 Å². The lowest BCUT2D eigenvalue weighted by Crippen LogP contribution is -2.42. The lowest BCUT2D eigenvalue weighted by molar-refractivity contribution is 0.242. The van der Waals surface area contributed by atoms with E-state index in [1.807, 2.05) is 0 Å². The molecule has 2 aliphatic heterocycles. The summed E-state index contributed by atoms with van der Waals surface area (Å²) in [5, 5.41) is 0.